The third-order valence-electron chi connectivity index (χ3n) is 2.20. The number of hydrogen-bond acceptors (Lipinski definition) is 1. The first-order valence-corrected chi connectivity index (χ1v) is 4.69. The average Bonchev–Trinajstić information content (AvgIpc) is 2.14. The molecule has 0 heterocycles. The minimum atomic E-state index is -4.18. The van der Waals surface area contributed by atoms with Crippen molar-refractivity contribution in [3.05, 3.63) is 35.4 Å². The van der Waals surface area contributed by atoms with Crippen molar-refractivity contribution in [3.8, 4) is 0 Å². The number of aliphatic hydroxyl groups excluding tert-OH is 1. The summed E-state index contributed by atoms with van der Waals surface area (Å²) in [7, 11) is 0. The third kappa shape index (κ3) is 3.91. The van der Waals surface area contributed by atoms with Gasteiger partial charge in [0.05, 0.1) is 6.42 Å². The molecule has 1 N–H and O–H groups in total. The number of halogens is 3. The van der Waals surface area contributed by atoms with Gasteiger partial charge in [-0.05, 0) is 11.1 Å². The number of hydrogen-bond donors (Lipinski definition) is 1. The quantitative estimate of drug-likeness (QED) is 0.827. The lowest BCUT2D eigenvalue weighted by molar-refractivity contribution is -0.127. The molecule has 4 heteroatoms. The predicted octanol–water partition coefficient (Wildman–Crippen LogP) is 2.89. The summed E-state index contributed by atoms with van der Waals surface area (Å²) in [4.78, 5) is 0. The van der Waals surface area contributed by atoms with E-state index in [0.717, 1.165) is 5.56 Å². The van der Waals surface area contributed by atoms with Crippen LogP contribution < -0.4 is 0 Å². The van der Waals surface area contributed by atoms with Crippen molar-refractivity contribution in [2.45, 2.75) is 25.4 Å². The van der Waals surface area contributed by atoms with Crippen molar-refractivity contribution in [2.24, 2.45) is 0 Å². The first-order valence-electron chi connectivity index (χ1n) is 4.69. The Bertz CT molecular complexity index is 320. The topological polar surface area (TPSA) is 20.2 Å². The van der Waals surface area contributed by atoms with Crippen LogP contribution >= 0.6 is 0 Å². The third-order valence-corrected chi connectivity index (χ3v) is 2.20. The molecule has 0 unspecified atom stereocenters. The Morgan fingerprint density at radius 3 is 2.53 bits per heavy atom. The van der Waals surface area contributed by atoms with E-state index in [0.29, 0.717) is 0 Å². The van der Waals surface area contributed by atoms with Gasteiger partial charge in [-0.15, -0.1) is 0 Å². The predicted molar refractivity (Wildman–Crippen MR) is 51.7 cm³/mol. The smallest absolute Gasteiger partial charge is 0.393 e. The van der Waals surface area contributed by atoms with Gasteiger partial charge in [0.15, 0.2) is 0 Å². The lowest BCUT2D eigenvalue weighted by atomic mass is 9.99. The van der Waals surface area contributed by atoms with Crippen molar-refractivity contribution in [2.75, 3.05) is 6.61 Å². The number of aliphatic hydroxyl groups is 1. The monoisotopic (exact) mass is 218 g/mol. The van der Waals surface area contributed by atoms with E-state index < -0.39 is 12.6 Å². The summed E-state index contributed by atoms with van der Waals surface area (Å²) in [6, 6.07) is 6.25. The zero-order chi connectivity index (χ0) is 11.5. The van der Waals surface area contributed by atoms with Crippen molar-refractivity contribution in [3.63, 3.8) is 0 Å². The molecule has 0 saturated heterocycles. The van der Waals surface area contributed by atoms with Gasteiger partial charge in [0.1, 0.15) is 0 Å². The molecule has 0 bridgehead atoms. The fraction of sp³-hybridized carbons (Fsp3) is 0.455. The summed E-state index contributed by atoms with van der Waals surface area (Å²) in [5.41, 5.74) is 0.972. The SMILES string of the molecule is C[C@H](CO)c1cccc(CC(F)(F)F)c1. The van der Waals surface area contributed by atoms with Crippen LogP contribution in [0.3, 0.4) is 0 Å². The molecule has 1 rings (SSSR count). The van der Waals surface area contributed by atoms with Crippen LogP contribution in [0.4, 0.5) is 13.2 Å². The van der Waals surface area contributed by atoms with Gasteiger partial charge in [0.2, 0.25) is 0 Å². The maximum Gasteiger partial charge on any atom is 0.393 e. The van der Waals surface area contributed by atoms with Crippen molar-refractivity contribution in [1.82, 2.24) is 0 Å². The first kappa shape index (κ1) is 12.0. The Morgan fingerprint density at radius 2 is 2.00 bits per heavy atom. The van der Waals surface area contributed by atoms with Gasteiger partial charge >= 0.3 is 6.18 Å². The Labute approximate surface area is 86.5 Å². The molecule has 1 nitrogen and oxygen atoms in total. The summed E-state index contributed by atoms with van der Waals surface area (Å²) in [5, 5.41) is 8.89. The maximum absolute atomic E-state index is 12.1. The van der Waals surface area contributed by atoms with E-state index in [1.165, 1.54) is 12.1 Å². The fourth-order valence-corrected chi connectivity index (χ4v) is 1.35. The van der Waals surface area contributed by atoms with Crippen LogP contribution in [0.2, 0.25) is 0 Å². The second kappa shape index (κ2) is 4.66. The summed E-state index contributed by atoms with van der Waals surface area (Å²) < 4.78 is 36.3. The standard InChI is InChI=1S/C11H13F3O/c1-8(7-15)10-4-2-3-9(5-10)6-11(12,13)14/h2-5,8,15H,6-7H2,1H3/t8-/m1/s1. The van der Waals surface area contributed by atoms with Crippen LogP contribution in [0.25, 0.3) is 0 Å². The van der Waals surface area contributed by atoms with Crippen LogP contribution in [-0.4, -0.2) is 17.9 Å². The van der Waals surface area contributed by atoms with Crippen LogP contribution in [0, 0.1) is 0 Å². The minimum Gasteiger partial charge on any atom is -0.396 e. The first-order chi connectivity index (χ1) is 6.92. The second-order valence-corrected chi connectivity index (χ2v) is 3.62. The molecule has 0 aromatic heterocycles. The van der Waals surface area contributed by atoms with Crippen LogP contribution in [0.5, 0.6) is 0 Å². The Kier molecular flexibility index (Phi) is 3.74. The van der Waals surface area contributed by atoms with Gasteiger partial charge in [-0.3, -0.25) is 0 Å². The van der Waals surface area contributed by atoms with Crippen LogP contribution in [-0.2, 0) is 6.42 Å². The molecule has 1 aromatic carbocycles. The molecule has 1 aromatic rings. The zero-order valence-electron chi connectivity index (χ0n) is 8.38. The Morgan fingerprint density at radius 1 is 1.33 bits per heavy atom. The zero-order valence-corrected chi connectivity index (χ0v) is 8.38. The van der Waals surface area contributed by atoms with Gasteiger partial charge in [0, 0.05) is 12.5 Å². The number of rotatable bonds is 3. The van der Waals surface area contributed by atoms with Crippen LogP contribution in [0.15, 0.2) is 24.3 Å². The van der Waals surface area contributed by atoms with Crippen molar-refractivity contribution in [1.29, 1.82) is 0 Å². The van der Waals surface area contributed by atoms with Gasteiger partial charge in [-0.2, -0.15) is 13.2 Å². The number of alkyl halides is 3. The fourth-order valence-electron chi connectivity index (χ4n) is 1.35. The van der Waals surface area contributed by atoms with Crippen molar-refractivity contribution < 1.29 is 18.3 Å². The molecule has 0 amide bonds. The lowest BCUT2D eigenvalue weighted by Gasteiger charge is -2.11. The van der Waals surface area contributed by atoms with Crippen molar-refractivity contribution >= 4 is 0 Å². The Hall–Kier alpha value is -1.03. The minimum absolute atomic E-state index is 0.0600. The van der Waals surface area contributed by atoms with E-state index in [-0.39, 0.29) is 18.1 Å². The van der Waals surface area contributed by atoms with E-state index in [1.807, 2.05) is 0 Å². The molecular weight excluding hydrogens is 205 g/mol. The molecule has 15 heavy (non-hydrogen) atoms. The highest BCUT2D eigenvalue weighted by Crippen LogP contribution is 2.23. The van der Waals surface area contributed by atoms with Gasteiger partial charge in [-0.25, -0.2) is 0 Å². The van der Waals surface area contributed by atoms with E-state index in [4.69, 9.17) is 5.11 Å². The molecule has 0 radical (unpaired) electrons. The summed E-state index contributed by atoms with van der Waals surface area (Å²) >= 11 is 0. The van der Waals surface area contributed by atoms with Crippen LogP contribution in [0.1, 0.15) is 24.0 Å². The summed E-state index contributed by atoms with van der Waals surface area (Å²) in [5.74, 6) is -0.127. The van der Waals surface area contributed by atoms with Gasteiger partial charge in [-0.1, -0.05) is 31.2 Å². The van der Waals surface area contributed by atoms with E-state index >= 15 is 0 Å². The molecule has 0 aliphatic carbocycles. The summed E-state index contributed by atoms with van der Waals surface area (Å²) in [6.07, 6.45) is -5.10. The van der Waals surface area contributed by atoms with Gasteiger partial charge < -0.3 is 5.11 Å². The normalized spacial score (nSPS) is 13.9. The molecule has 0 aliphatic rings. The van der Waals surface area contributed by atoms with Gasteiger partial charge in [0.25, 0.3) is 0 Å². The van der Waals surface area contributed by atoms with E-state index in [9.17, 15) is 13.2 Å². The molecule has 0 spiro atoms. The van der Waals surface area contributed by atoms with E-state index in [2.05, 4.69) is 0 Å². The largest absolute Gasteiger partial charge is 0.396 e. The molecule has 84 valence electrons. The average molecular weight is 218 g/mol. The lowest BCUT2D eigenvalue weighted by Crippen LogP contribution is -2.12. The highest BCUT2D eigenvalue weighted by molar-refractivity contribution is 5.26. The molecule has 1 atom stereocenters. The maximum atomic E-state index is 12.1. The second-order valence-electron chi connectivity index (χ2n) is 3.62. The molecule has 0 saturated carbocycles. The van der Waals surface area contributed by atoms with E-state index in [1.54, 1.807) is 19.1 Å². The molecular formula is C11H13F3O. The highest BCUT2D eigenvalue weighted by Gasteiger charge is 2.27. The summed E-state index contributed by atoms with van der Waals surface area (Å²) in [6.45, 7) is 1.71. The number of benzene rings is 1. The highest BCUT2D eigenvalue weighted by atomic mass is 19.4. The Balaban J connectivity index is 2.83. The molecule has 0 fully saturated rings. The molecule has 0 aliphatic heterocycles.